The van der Waals surface area contributed by atoms with Crippen molar-refractivity contribution < 1.29 is 13.9 Å². The van der Waals surface area contributed by atoms with Crippen molar-refractivity contribution in [1.29, 1.82) is 0 Å². The van der Waals surface area contributed by atoms with Gasteiger partial charge in [-0.2, -0.15) is 0 Å². The first-order valence-electron chi connectivity index (χ1n) is 6.85. The lowest BCUT2D eigenvalue weighted by molar-refractivity contribution is -0.144. The van der Waals surface area contributed by atoms with Gasteiger partial charge >= 0.3 is 5.97 Å². The summed E-state index contributed by atoms with van der Waals surface area (Å²) in [5, 5.41) is 3.11. The van der Waals surface area contributed by atoms with Crippen molar-refractivity contribution in [2.24, 2.45) is 0 Å². The fourth-order valence-electron chi connectivity index (χ4n) is 2.09. The highest BCUT2D eigenvalue weighted by atomic mass is 19.1. The van der Waals surface area contributed by atoms with Gasteiger partial charge in [0.25, 0.3) is 0 Å². The van der Waals surface area contributed by atoms with E-state index in [1.165, 1.54) is 12.1 Å². The summed E-state index contributed by atoms with van der Waals surface area (Å²) >= 11 is 0. The van der Waals surface area contributed by atoms with Gasteiger partial charge in [0.05, 0.1) is 6.61 Å². The van der Waals surface area contributed by atoms with E-state index in [2.05, 4.69) is 5.32 Å². The molecule has 0 amide bonds. The maximum atomic E-state index is 13.4. The molecule has 2 aromatic rings. The number of halogens is 1. The van der Waals surface area contributed by atoms with Gasteiger partial charge in [0, 0.05) is 5.69 Å². The molecular weight excluding hydrogens is 269 g/mol. The van der Waals surface area contributed by atoms with E-state index >= 15 is 0 Å². The molecule has 0 aliphatic rings. The van der Waals surface area contributed by atoms with Crippen molar-refractivity contribution in [2.45, 2.75) is 19.9 Å². The number of esters is 1. The van der Waals surface area contributed by atoms with Crippen LogP contribution in [0.25, 0.3) is 0 Å². The first-order chi connectivity index (χ1) is 10.1. The number of benzene rings is 2. The van der Waals surface area contributed by atoms with Gasteiger partial charge in [0.2, 0.25) is 0 Å². The highest BCUT2D eigenvalue weighted by Crippen LogP contribution is 2.22. The predicted octanol–water partition coefficient (Wildman–Crippen LogP) is 3.85. The van der Waals surface area contributed by atoms with Crippen molar-refractivity contribution in [1.82, 2.24) is 0 Å². The van der Waals surface area contributed by atoms with Crippen LogP contribution >= 0.6 is 0 Å². The summed E-state index contributed by atoms with van der Waals surface area (Å²) in [5.74, 6) is -0.808. The fourth-order valence-corrected chi connectivity index (χ4v) is 2.09. The summed E-state index contributed by atoms with van der Waals surface area (Å²) in [7, 11) is 0. The lowest BCUT2D eigenvalue weighted by Gasteiger charge is -2.19. The largest absolute Gasteiger partial charge is 0.464 e. The zero-order valence-corrected chi connectivity index (χ0v) is 12.1. The minimum atomic E-state index is -0.734. The molecule has 1 N–H and O–H groups in total. The maximum Gasteiger partial charge on any atom is 0.333 e. The smallest absolute Gasteiger partial charge is 0.333 e. The van der Waals surface area contributed by atoms with Crippen molar-refractivity contribution in [2.75, 3.05) is 11.9 Å². The third kappa shape index (κ3) is 4.05. The molecule has 0 saturated heterocycles. The Morgan fingerprint density at radius 1 is 1.24 bits per heavy atom. The number of carbonyl (C=O) groups is 1. The van der Waals surface area contributed by atoms with Crippen LogP contribution in [-0.4, -0.2) is 12.6 Å². The number of hydrogen-bond acceptors (Lipinski definition) is 3. The van der Waals surface area contributed by atoms with Crippen molar-refractivity contribution in [3.05, 3.63) is 65.5 Å². The molecule has 110 valence electrons. The number of nitrogens with one attached hydrogen (secondary N) is 1. The average molecular weight is 287 g/mol. The van der Waals surface area contributed by atoms with Crippen LogP contribution in [0.4, 0.5) is 10.1 Å². The minimum absolute atomic E-state index is 0.278. The molecule has 0 spiro atoms. The van der Waals surface area contributed by atoms with E-state index in [1.807, 2.05) is 31.2 Å². The fraction of sp³-hybridized carbons (Fsp3) is 0.235. The van der Waals surface area contributed by atoms with E-state index in [9.17, 15) is 9.18 Å². The molecule has 2 aromatic carbocycles. The average Bonchev–Trinajstić information content (AvgIpc) is 2.45. The third-order valence-electron chi connectivity index (χ3n) is 3.03. The molecule has 0 fully saturated rings. The SMILES string of the molecule is CCOC(=O)C(Nc1cccc(C)c1)c1cccc(F)c1. The highest BCUT2D eigenvalue weighted by Gasteiger charge is 2.22. The highest BCUT2D eigenvalue weighted by molar-refractivity contribution is 5.81. The Bertz CT molecular complexity index is 628. The Morgan fingerprint density at radius 3 is 2.67 bits per heavy atom. The van der Waals surface area contributed by atoms with E-state index < -0.39 is 12.0 Å². The molecule has 0 radical (unpaired) electrons. The van der Waals surface area contributed by atoms with E-state index in [4.69, 9.17) is 4.74 Å². The lowest BCUT2D eigenvalue weighted by atomic mass is 10.1. The van der Waals surface area contributed by atoms with E-state index in [0.717, 1.165) is 11.3 Å². The zero-order chi connectivity index (χ0) is 15.2. The van der Waals surface area contributed by atoms with Crippen LogP contribution in [-0.2, 0) is 9.53 Å². The van der Waals surface area contributed by atoms with Gasteiger partial charge in [0.15, 0.2) is 6.04 Å². The van der Waals surface area contributed by atoms with Crippen LogP contribution in [0.15, 0.2) is 48.5 Å². The summed E-state index contributed by atoms with van der Waals surface area (Å²) in [6.45, 7) is 3.99. The zero-order valence-electron chi connectivity index (χ0n) is 12.1. The molecule has 0 aliphatic heterocycles. The van der Waals surface area contributed by atoms with Crippen molar-refractivity contribution in [3.63, 3.8) is 0 Å². The quantitative estimate of drug-likeness (QED) is 0.849. The molecule has 2 rings (SSSR count). The Hall–Kier alpha value is -2.36. The van der Waals surface area contributed by atoms with Crippen LogP contribution in [0.1, 0.15) is 24.1 Å². The third-order valence-corrected chi connectivity index (χ3v) is 3.03. The second kappa shape index (κ2) is 6.88. The van der Waals surface area contributed by atoms with Gasteiger partial charge < -0.3 is 10.1 Å². The van der Waals surface area contributed by atoms with Gasteiger partial charge in [0.1, 0.15) is 5.82 Å². The van der Waals surface area contributed by atoms with Crippen LogP contribution in [0, 0.1) is 12.7 Å². The summed E-state index contributed by atoms with van der Waals surface area (Å²) in [4.78, 5) is 12.1. The Kier molecular flexibility index (Phi) is 4.93. The topological polar surface area (TPSA) is 38.3 Å². The number of rotatable bonds is 5. The predicted molar refractivity (Wildman–Crippen MR) is 80.6 cm³/mol. The van der Waals surface area contributed by atoms with Gasteiger partial charge in [-0.3, -0.25) is 0 Å². The van der Waals surface area contributed by atoms with E-state index in [-0.39, 0.29) is 12.4 Å². The lowest BCUT2D eigenvalue weighted by Crippen LogP contribution is -2.23. The normalized spacial score (nSPS) is 11.8. The summed E-state index contributed by atoms with van der Waals surface area (Å²) < 4.78 is 18.5. The second-order valence-electron chi connectivity index (χ2n) is 4.75. The van der Waals surface area contributed by atoms with Crippen LogP contribution in [0.3, 0.4) is 0 Å². The maximum absolute atomic E-state index is 13.4. The molecule has 0 saturated carbocycles. The van der Waals surface area contributed by atoms with Crippen LogP contribution in [0.5, 0.6) is 0 Å². The molecule has 0 bridgehead atoms. The molecular formula is C17H18FNO2. The van der Waals surface area contributed by atoms with Crippen LogP contribution < -0.4 is 5.32 Å². The van der Waals surface area contributed by atoms with E-state index in [1.54, 1.807) is 19.1 Å². The first-order valence-corrected chi connectivity index (χ1v) is 6.85. The molecule has 4 heteroatoms. The number of anilines is 1. The van der Waals surface area contributed by atoms with E-state index in [0.29, 0.717) is 5.56 Å². The monoisotopic (exact) mass is 287 g/mol. The van der Waals surface area contributed by atoms with Gasteiger partial charge in [-0.05, 0) is 49.2 Å². The Morgan fingerprint density at radius 2 is 2.00 bits per heavy atom. The number of carbonyl (C=O) groups excluding carboxylic acids is 1. The number of hydrogen-bond donors (Lipinski definition) is 1. The number of ether oxygens (including phenoxy) is 1. The summed E-state index contributed by atoms with van der Waals surface area (Å²) in [6.07, 6.45) is 0. The molecule has 21 heavy (non-hydrogen) atoms. The molecule has 3 nitrogen and oxygen atoms in total. The van der Waals surface area contributed by atoms with Gasteiger partial charge in [-0.25, -0.2) is 9.18 Å². The van der Waals surface area contributed by atoms with Gasteiger partial charge in [-0.15, -0.1) is 0 Å². The molecule has 0 aromatic heterocycles. The van der Waals surface area contributed by atoms with Crippen LogP contribution in [0.2, 0.25) is 0 Å². The van der Waals surface area contributed by atoms with Gasteiger partial charge in [-0.1, -0.05) is 24.3 Å². The Labute approximate surface area is 123 Å². The minimum Gasteiger partial charge on any atom is -0.464 e. The second-order valence-corrected chi connectivity index (χ2v) is 4.75. The Balaban J connectivity index is 2.30. The van der Waals surface area contributed by atoms with Crippen molar-refractivity contribution >= 4 is 11.7 Å². The first kappa shape index (κ1) is 15.0. The molecule has 1 unspecified atom stereocenters. The standard InChI is InChI=1S/C17H18FNO2/c1-3-21-17(20)16(13-7-5-8-14(18)11-13)19-15-9-4-6-12(2)10-15/h4-11,16,19H,3H2,1-2H3. The summed E-state index contributed by atoms with van der Waals surface area (Å²) in [5.41, 5.74) is 2.40. The molecule has 1 atom stereocenters. The van der Waals surface area contributed by atoms with Crippen molar-refractivity contribution in [3.8, 4) is 0 Å². The summed E-state index contributed by atoms with van der Waals surface area (Å²) in [6, 6.07) is 12.9. The molecule has 0 heterocycles. The number of aryl methyl sites for hydroxylation is 1. The molecule has 0 aliphatic carbocycles.